The molecule has 0 amide bonds. The van der Waals surface area contributed by atoms with E-state index in [9.17, 15) is 4.79 Å². The van der Waals surface area contributed by atoms with E-state index in [2.05, 4.69) is 45.9 Å². The molecular formula is C20H30O. The van der Waals surface area contributed by atoms with Crippen LogP contribution < -0.4 is 0 Å². The van der Waals surface area contributed by atoms with Gasteiger partial charge in [-0.1, -0.05) is 47.1 Å². The van der Waals surface area contributed by atoms with Gasteiger partial charge in [-0.25, -0.2) is 0 Å². The van der Waals surface area contributed by atoms with E-state index < -0.39 is 0 Å². The molecule has 0 spiro atoms. The molecule has 0 fully saturated rings. The molecule has 0 saturated carbocycles. The molecule has 0 radical (unpaired) electrons. The van der Waals surface area contributed by atoms with Gasteiger partial charge in [-0.3, -0.25) is 4.79 Å². The molecular weight excluding hydrogens is 256 g/mol. The normalized spacial score (nSPS) is 13.7. The minimum absolute atomic E-state index is 0.818. The Morgan fingerprint density at radius 3 is 2.05 bits per heavy atom. The Bertz CT molecular complexity index is 452. The summed E-state index contributed by atoms with van der Waals surface area (Å²) in [6.07, 6.45) is 17.6. The van der Waals surface area contributed by atoms with Crippen molar-refractivity contribution in [2.45, 2.75) is 60.3 Å². The average molecular weight is 286 g/mol. The van der Waals surface area contributed by atoms with Crippen molar-refractivity contribution in [3.8, 4) is 0 Å². The van der Waals surface area contributed by atoms with Crippen molar-refractivity contribution in [2.75, 3.05) is 0 Å². The van der Waals surface area contributed by atoms with Gasteiger partial charge in [0.2, 0.25) is 0 Å². The van der Waals surface area contributed by atoms with Crippen LogP contribution in [0.5, 0.6) is 0 Å². The molecule has 0 rings (SSSR count). The van der Waals surface area contributed by atoms with Gasteiger partial charge in [-0.2, -0.15) is 0 Å². The molecule has 0 saturated heterocycles. The maximum Gasteiger partial charge on any atom is 0.143 e. The van der Waals surface area contributed by atoms with Crippen LogP contribution in [0.25, 0.3) is 0 Å². The van der Waals surface area contributed by atoms with Gasteiger partial charge in [0.15, 0.2) is 0 Å². The van der Waals surface area contributed by atoms with Crippen molar-refractivity contribution >= 4 is 6.29 Å². The molecule has 0 N–H and O–H groups in total. The lowest BCUT2D eigenvalue weighted by molar-refractivity contribution is -0.104. The van der Waals surface area contributed by atoms with Crippen molar-refractivity contribution in [2.24, 2.45) is 0 Å². The quantitative estimate of drug-likeness (QED) is 0.216. The van der Waals surface area contributed by atoms with Crippen molar-refractivity contribution in [1.29, 1.82) is 0 Å². The maximum absolute atomic E-state index is 10.3. The van der Waals surface area contributed by atoms with Crippen molar-refractivity contribution in [3.05, 3.63) is 58.7 Å². The van der Waals surface area contributed by atoms with Crippen LogP contribution in [0.1, 0.15) is 60.3 Å². The van der Waals surface area contributed by atoms with Crippen LogP contribution in [0.3, 0.4) is 0 Å². The summed E-state index contributed by atoms with van der Waals surface area (Å²) >= 11 is 0. The Kier molecular flexibility index (Phi) is 11.2. The highest BCUT2D eigenvalue weighted by Crippen LogP contribution is 2.11. The Balaban J connectivity index is 4.12. The minimum Gasteiger partial charge on any atom is -0.299 e. The second kappa shape index (κ2) is 12.1. The topological polar surface area (TPSA) is 17.1 Å². The summed E-state index contributed by atoms with van der Waals surface area (Å²) in [7, 11) is 0. The van der Waals surface area contributed by atoms with Gasteiger partial charge in [0.25, 0.3) is 0 Å². The summed E-state index contributed by atoms with van der Waals surface area (Å²) in [4.78, 5) is 10.3. The van der Waals surface area contributed by atoms with E-state index in [4.69, 9.17) is 0 Å². The smallest absolute Gasteiger partial charge is 0.143 e. The molecule has 1 heteroatoms. The summed E-state index contributed by atoms with van der Waals surface area (Å²) in [6, 6.07) is 0. The van der Waals surface area contributed by atoms with Gasteiger partial charge in [0.05, 0.1) is 0 Å². The highest BCUT2D eigenvalue weighted by atomic mass is 16.1. The van der Waals surface area contributed by atoms with Crippen LogP contribution in [-0.4, -0.2) is 6.29 Å². The first kappa shape index (κ1) is 19.4. The number of hydrogen-bond donors (Lipinski definition) is 0. The summed E-state index contributed by atoms with van der Waals surface area (Å²) in [6.45, 7) is 10.6. The minimum atomic E-state index is 0.818. The fraction of sp³-hybridized carbons (Fsp3) is 0.450. The number of carbonyl (C=O) groups is 1. The van der Waals surface area contributed by atoms with E-state index in [1.54, 1.807) is 6.08 Å². The summed E-state index contributed by atoms with van der Waals surface area (Å²) in [5.41, 5.74) is 5.20. The molecule has 0 heterocycles. The second-order valence-corrected chi connectivity index (χ2v) is 5.83. The summed E-state index contributed by atoms with van der Waals surface area (Å²) in [5, 5.41) is 0. The van der Waals surface area contributed by atoms with Gasteiger partial charge < -0.3 is 0 Å². The first-order valence-corrected chi connectivity index (χ1v) is 7.70. The van der Waals surface area contributed by atoms with Crippen LogP contribution in [0, 0.1) is 0 Å². The van der Waals surface area contributed by atoms with Gasteiger partial charge in [-0.15, -0.1) is 0 Å². The SMILES string of the molecule is CC(C)=CCC/C(C)=C/CC/C(C)=C/C=C/C(C)=C/C=O. The van der Waals surface area contributed by atoms with E-state index >= 15 is 0 Å². The van der Waals surface area contributed by atoms with Gasteiger partial charge in [-0.05, 0) is 72.0 Å². The third-order valence-electron chi connectivity index (χ3n) is 3.19. The molecule has 21 heavy (non-hydrogen) atoms. The second-order valence-electron chi connectivity index (χ2n) is 5.83. The van der Waals surface area contributed by atoms with Crippen LogP contribution in [-0.2, 0) is 4.79 Å². The lowest BCUT2D eigenvalue weighted by Gasteiger charge is -2.00. The Hall–Kier alpha value is -1.63. The zero-order chi connectivity index (χ0) is 16.1. The van der Waals surface area contributed by atoms with E-state index in [1.807, 2.05) is 19.1 Å². The molecule has 1 nitrogen and oxygen atoms in total. The number of rotatable bonds is 9. The largest absolute Gasteiger partial charge is 0.299 e. The zero-order valence-electron chi connectivity index (χ0n) is 14.3. The standard InChI is InChI=1S/C20H30O/c1-17(2)9-6-10-18(3)11-7-12-19(4)13-8-14-20(5)15-16-21/h8-9,11,13-16H,6-7,10,12H2,1-5H3/b14-8+,18-11+,19-13+,20-15+. The van der Waals surface area contributed by atoms with Crippen molar-refractivity contribution in [1.82, 2.24) is 0 Å². The van der Waals surface area contributed by atoms with E-state index in [1.165, 1.54) is 16.7 Å². The molecule has 0 aliphatic rings. The fourth-order valence-corrected chi connectivity index (χ4v) is 1.85. The Morgan fingerprint density at radius 1 is 0.810 bits per heavy atom. The molecule has 0 aliphatic carbocycles. The monoisotopic (exact) mass is 286 g/mol. The Labute approximate surface area is 130 Å². The Morgan fingerprint density at radius 2 is 1.43 bits per heavy atom. The third kappa shape index (κ3) is 13.1. The molecule has 0 unspecified atom stereocenters. The van der Waals surface area contributed by atoms with Gasteiger partial charge >= 0.3 is 0 Å². The van der Waals surface area contributed by atoms with E-state index in [-0.39, 0.29) is 0 Å². The van der Waals surface area contributed by atoms with Crippen LogP contribution >= 0.6 is 0 Å². The predicted molar refractivity (Wildman–Crippen MR) is 94.4 cm³/mol. The van der Waals surface area contributed by atoms with Gasteiger partial charge in [0.1, 0.15) is 6.29 Å². The average Bonchev–Trinajstić information content (AvgIpc) is 2.38. The first-order valence-electron chi connectivity index (χ1n) is 7.70. The predicted octanol–water partition coefficient (Wildman–Crippen LogP) is 6.11. The molecule has 0 aromatic rings. The highest BCUT2D eigenvalue weighted by Gasteiger charge is 1.91. The lowest BCUT2D eigenvalue weighted by atomic mass is 10.1. The molecule has 0 aromatic heterocycles. The maximum atomic E-state index is 10.3. The summed E-state index contributed by atoms with van der Waals surface area (Å²) < 4.78 is 0. The van der Waals surface area contributed by atoms with Gasteiger partial charge in [0, 0.05) is 0 Å². The molecule has 0 aliphatic heterocycles. The summed E-state index contributed by atoms with van der Waals surface area (Å²) in [5.74, 6) is 0. The fourth-order valence-electron chi connectivity index (χ4n) is 1.85. The van der Waals surface area contributed by atoms with Crippen molar-refractivity contribution < 1.29 is 4.79 Å². The first-order chi connectivity index (χ1) is 9.95. The van der Waals surface area contributed by atoms with Crippen LogP contribution in [0.15, 0.2) is 58.7 Å². The third-order valence-corrected chi connectivity index (χ3v) is 3.19. The number of hydrogen-bond acceptors (Lipinski definition) is 1. The number of allylic oxidation sites excluding steroid dienone is 10. The molecule has 116 valence electrons. The molecule has 0 aromatic carbocycles. The zero-order valence-corrected chi connectivity index (χ0v) is 14.3. The van der Waals surface area contributed by atoms with E-state index in [0.29, 0.717) is 0 Å². The molecule has 0 atom stereocenters. The highest BCUT2D eigenvalue weighted by molar-refractivity contribution is 5.66. The van der Waals surface area contributed by atoms with Crippen LogP contribution in [0.2, 0.25) is 0 Å². The van der Waals surface area contributed by atoms with Crippen LogP contribution in [0.4, 0.5) is 0 Å². The lowest BCUT2D eigenvalue weighted by Crippen LogP contribution is -1.80. The number of aldehydes is 1. The molecule has 0 bridgehead atoms. The van der Waals surface area contributed by atoms with E-state index in [0.717, 1.165) is 37.5 Å². The number of carbonyl (C=O) groups excluding carboxylic acids is 1. The van der Waals surface area contributed by atoms with Crippen molar-refractivity contribution in [3.63, 3.8) is 0 Å².